The summed E-state index contributed by atoms with van der Waals surface area (Å²) in [6, 6.07) is 19.9. The normalized spacial score (nSPS) is 11.0. The van der Waals surface area contributed by atoms with Crippen LogP contribution in [0.25, 0.3) is 11.1 Å². The van der Waals surface area contributed by atoms with E-state index in [4.69, 9.17) is 0 Å². The Hall–Kier alpha value is -3.16. The lowest BCUT2D eigenvalue weighted by molar-refractivity contribution is 0.262. The standard InChI is InChI=1S/C20H18N2O4S/c1-14-6-2-4-8-18(14)22-20(23)21-16-12-10-15(11-13-16)17-7-3-5-9-19(17)27(24,25)26/h2-13H,1H3,(H2,21,22,23)(H,24,25,26). The minimum absolute atomic E-state index is 0.164. The van der Waals surface area contributed by atoms with E-state index in [0.717, 1.165) is 5.56 Å². The molecule has 3 aromatic rings. The predicted molar refractivity (Wildman–Crippen MR) is 106 cm³/mol. The topological polar surface area (TPSA) is 95.5 Å². The Bertz CT molecular complexity index is 1080. The molecule has 0 aliphatic carbocycles. The van der Waals surface area contributed by atoms with Crippen molar-refractivity contribution in [1.29, 1.82) is 0 Å². The second-order valence-electron chi connectivity index (χ2n) is 5.94. The van der Waals surface area contributed by atoms with Gasteiger partial charge in [-0.1, -0.05) is 48.5 Å². The number of benzene rings is 3. The number of carbonyl (C=O) groups is 1. The summed E-state index contributed by atoms with van der Waals surface area (Å²) in [7, 11) is -4.33. The van der Waals surface area contributed by atoms with Gasteiger partial charge < -0.3 is 10.6 Å². The van der Waals surface area contributed by atoms with Crippen molar-refractivity contribution in [1.82, 2.24) is 0 Å². The van der Waals surface area contributed by atoms with Crippen molar-refractivity contribution in [2.45, 2.75) is 11.8 Å². The van der Waals surface area contributed by atoms with E-state index in [0.29, 0.717) is 22.5 Å². The SMILES string of the molecule is Cc1ccccc1NC(=O)Nc1ccc(-c2ccccc2S(=O)(=O)O)cc1. The molecule has 138 valence electrons. The summed E-state index contributed by atoms with van der Waals surface area (Å²) in [5, 5.41) is 5.50. The third kappa shape index (κ3) is 4.52. The van der Waals surface area contributed by atoms with E-state index in [1.165, 1.54) is 6.07 Å². The van der Waals surface area contributed by atoms with Crippen LogP contribution in [0.3, 0.4) is 0 Å². The second-order valence-corrected chi connectivity index (χ2v) is 7.33. The van der Waals surface area contributed by atoms with E-state index in [2.05, 4.69) is 10.6 Å². The summed E-state index contributed by atoms with van der Waals surface area (Å²) in [6.45, 7) is 1.90. The molecule has 27 heavy (non-hydrogen) atoms. The number of para-hydroxylation sites is 1. The molecule has 0 saturated heterocycles. The summed E-state index contributed by atoms with van der Waals surface area (Å²) >= 11 is 0. The number of carbonyl (C=O) groups excluding carboxylic acids is 1. The molecular formula is C20H18N2O4S. The third-order valence-corrected chi connectivity index (χ3v) is 4.92. The number of rotatable bonds is 4. The quantitative estimate of drug-likeness (QED) is 0.577. The Morgan fingerprint density at radius 1 is 0.852 bits per heavy atom. The molecule has 3 aromatic carbocycles. The second kappa shape index (κ2) is 7.61. The number of amides is 2. The highest BCUT2D eigenvalue weighted by Gasteiger charge is 2.15. The van der Waals surface area contributed by atoms with E-state index in [-0.39, 0.29) is 10.9 Å². The minimum atomic E-state index is -4.33. The van der Waals surface area contributed by atoms with Crippen LogP contribution in [-0.4, -0.2) is 19.0 Å². The maximum absolute atomic E-state index is 12.1. The van der Waals surface area contributed by atoms with Crippen molar-refractivity contribution in [2.75, 3.05) is 10.6 Å². The van der Waals surface area contributed by atoms with Gasteiger partial charge in [0.1, 0.15) is 4.90 Å². The lowest BCUT2D eigenvalue weighted by atomic mass is 10.1. The highest BCUT2D eigenvalue weighted by Crippen LogP contribution is 2.28. The maximum atomic E-state index is 12.1. The average molecular weight is 382 g/mol. The van der Waals surface area contributed by atoms with Crippen LogP contribution in [0.1, 0.15) is 5.56 Å². The summed E-state index contributed by atoms with van der Waals surface area (Å²) in [6.07, 6.45) is 0. The Balaban J connectivity index is 1.77. The number of anilines is 2. The first-order valence-electron chi connectivity index (χ1n) is 8.15. The fourth-order valence-electron chi connectivity index (χ4n) is 2.66. The summed E-state index contributed by atoms with van der Waals surface area (Å²) in [5.41, 5.74) is 3.21. The molecule has 0 spiro atoms. The van der Waals surface area contributed by atoms with Gasteiger partial charge in [0.2, 0.25) is 0 Å². The zero-order chi connectivity index (χ0) is 19.4. The number of hydrogen-bond acceptors (Lipinski definition) is 3. The molecule has 3 rings (SSSR count). The molecule has 0 radical (unpaired) electrons. The Kier molecular flexibility index (Phi) is 5.25. The fraction of sp³-hybridized carbons (Fsp3) is 0.0500. The molecule has 0 atom stereocenters. The van der Waals surface area contributed by atoms with E-state index < -0.39 is 10.1 Å². The molecule has 2 amide bonds. The molecule has 0 aliphatic rings. The van der Waals surface area contributed by atoms with Gasteiger partial charge >= 0.3 is 6.03 Å². The van der Waals surface area contributed by atoms with Crippen LogP contribution in [0.4, 0.5) is 16.2 Å². The minimum Gasteiger partial charge on any atom is -0.308 e. The van der Waals surface area contributed by atoms with Gasteiger partial charge in [-0.2, -0.15) is 8.42 Å². The average Bonchev–Trinajstić information content (AvgIpc) is 2.63. The van der Waals surface area contributed by atoms with Gasteiger partial charge in [-0.3, -0.25) is 4.55 Å². The lowest BCUT2D eigenvalue weighted by Crippen LogP contribution is -2.19. The first-order chi connectivity index (χ1) is 12.8. The summed E-state index contributed by atoms with van der Waals surface area (Å²) in [4.78, 5) is 12.0. The number of urea groups is 1. The predicted octanol–water partition coefficient (Wildman–Crippen LogP) is 4.55. The number of aryl methyl sites for hydroxylation is 1. The zero-order valence-corrected chi connectivity index (χ0v) is 15.3. The maximum Gasteiger partial charge on any atom is 0.323 e. The van der Waals surface area contributed by atoms with Crippen LogP contribution < -0.4 is 10.6 Å². The molecule has 7 heteroatoms. The Morgan fingerprint density at radius 3 is 2.15 bits per heavy atom. The lowest BCUT2D eigenvalue weighted by Gasteiger charge is -2.11. The monoisotopic (exact) mass is 382 g/mol. The highest BCUT2D eigenvalue weighted by molar-refractivity contribution is 7.86. The van der Waals surface area contributed by atoms with Gasteiger partial charge in [-0.25, -0.2) is 4.79 Å². The van der Waals surface area contributed by atoms with Gasteiger partial charge in [0.05, 0.1) is 0 Å². The van der Waals surface area contributed by atoms with Gasteiger partial charge in [0, 0.05) is 16.9 Å². The Labute approximate surface area is 157 Å². The zero-order valence-electron chi connectivity index (χ0n) is 14.5. The molecule has 0 aromatic heterocycles. The molecule has 0 aliphatic heterocycles. The first kappa shape index (κ1) is 18.6. The van der Waals surface area contributed by atoms with Crippen molar-refractivity contribution in [3.63, 3.8) is 0 Å². The van der Waals surface area contributed by atoms with Crippen LogP contribution in [0.5, 0.6) is 0 Å². The largest absolute Gasteiger partial charge is 0.323 e. The van der Waals surface area contributed by atoms with Crippen LogP contribution >= 0.6 is 0 Å². The van der Waals surface area contributed by atoms with E-state index in [9.17, 15) is 17.8 Å². The smallest absolute Gasteiger partial charge is 0.308 e. The fourth-order valence-corrected chi connectivity index (χ4v) is 3.38. The van der Waals surface area contributed by atoms with Crippen LogP contribution in [-0.2, 0) is 10.1 Å². The van der Waals surface area contributed by atoms with Crippen molar-refractivity contribution in [3.8, 4) is 11.1 Å². The molecule has 0 heterocycles. The molecular weight excluding hydrogens is 364 g/mol. The molecule has 0 saturated carbocycles. The van der Waals surface area contributed by atoms with Gasteiger partial charge in [-0.15, -0.1) is 0 Å². The summed E-state index contributed by atoms with van der Waals surface area (Å²) in [5.74, 6) is 0. The molecule has 3 N–H and O–H groups in total. The highest BCUT2D eigenvalue weighted by atomic mass is 32.2. The molecule has 0 unspecified atom stereocenters. The molecule has 0 fully saturated rings. The van der Waals surface area contributed by atoms with Crippen molar-refractivity contribution in [3.05, 3.63) is 78.4 Å². The van der Waals surface area contributed by atoms with E-state index in [1.807, 2.05) is 31.2 Å². The van der Waals surface area contributed by atoms with Gasteiger partial charge in [0.15, 0.2) is 0 Å². The van der Waals surface area contributed by atoms with E-state index in [1.54, 1.807) is 42.5 Å². The van der Waals surface area contributed by atoms with Crippen molar-refractivity contribution in [2.24, 2.45) is 0 Å². The Morgan fingerprint density at radius 2 is 1.48 bits per heavy atom. The van der Waals surface area contributed by atoms with Crippen molar-refractivity contribution < 1.29 is 17.8 Å². The summed E-state index contributed by atoms with van der Waals surface area (Å²) < 4.78 is 32.4. The van der Waals surface area contributed by atoms with Crippen LogP contribution in [0.15, 0.2) is 77.7 Å². The van der Waals surface area contributed by atoms with Crippen molar-refractivity contribution >= 4 is 27.5 Å². The van der Waals surface area contributed by atoms with Gasteiger partial charge in [0.25, 0.3) is 10.1 Å². The van der Waals surface area contributed by atoms with Gasteiger partial charge in [-0.05, 0) is 42.3 Å². The third-order valence-electron chi connectivity index (χ3n) is 4.01. The van der Waals surface area contributed by atoms with Crippen LogP contribution in [0.2, 0.25) is 0 Å². The molecule has 6 nitrogen and oxygen atoms in total. The first-order valence-corrected chi connectivity index (χ1v) is 9.59. The van der Waals surface area contributed by atoms with Crippen LogP contribution in [0, 0.1) is 6.92 Å². The number of hydrogen-bond donors (Lipinski definition) is 3. The number of nitrogens with one attached hydrogen (secondary N) is 2. The molecule has 0 bridgehead atoms. The van der Waals surface area contributed by atoms with E-state index >= 15 is 0 Å².